The molecule has 8 heteroatoms. The van der Waals surface area contributed by atoms with Gasteiger partial charge in [0.05, 0.1) is 4.90 Å². The number of anilines is 1. The van der Waals surface area contributed by atoms with Crippen molar-refractivity contribution >= 4 is 55.2 Å². The van der Waals surface area contributed by atoms with Crippen molar-refractivity contribution in [2.45, 2.75) is 4.90 Å². The summed E-state index contributed by atoms with van der Waals surface area (Å²) in [5.74, 6) is -0.298. The van der Waals surface area contributed by atoms with Crippen molar-refractivity contribution in [1.82, 2.24) is 4.98 Å². The Morgan fingerprint density at radius 3 is 2.48 bits per heavy atom. The monoisotopic (exact) mass is 390 g/mol. The van der Waals surface area contributed by atoms with Crippen molar-refractivity contribution < 1.29 is 13.2 Å². The number of nitrogens with zero attached hydrogens (tertiary/aromatic N) is 1. The van der Waals surface area contributed by atoms with Gasteiger partial charge >= 0.3 is 0 Å². The van der Waals surface area contributed by atoms with Crippen LogP contribution < -0.4 is 5.32 Å². The quantitative estimate of drug-likeness (QED) is 0.673. The zero-order valence-electron chi connectivity index (χ0n) is 13.2. The summed E-state index contributed by atoms with van der Waals surface area (Å²) >= 11 is 2.86. The van der Waals surface area contributed by atoms with Crippen LogP contribution in [0.3, 0.4) is 0 Å². The Kier molecular flexibility index (Phi) is 5.12. The van der Waals surface area contributed by atoms with E-state index < -0.39 is 9.84 Å². The molecule has 0 fully saturated rings. The van der Waals surface area contributed by atoms with Gasteiger partial charge in [0, 0.05) is 23.4 Å². The van der Waals surface area contributed by atoms with E-state index in [2.05, 4.69) is 10.3 Å². The fourth-order valence-corrected chi connectivity index (χ4v) is 3.91. The van der Waals surface area contributed by atoms with Gasteiger partial charge in [0.1, 0.15) is 0 Å². The maximum absolute atomic E-state index is 12.7. The standard InChI is InChI=1S/C17H14N2O3S3/c1-25(21,22)14-4-2-13(3-5-14)15(10-12-6-8-23-11-12)16(20)19-17-18-7-9-24-17/h2-11H,1H3,(H,18,19,20). The highest BCUT2D eigenvalue weighted by atomic mass is 32.2. The first-order chi connectivity index (χ1) is 11.9. The highest BCUT2D eigenvalue weighted by Gasteiger charge is 2.15. The number of carbonyl (C=O) groups is 1. The van der Waals surface area contributed by atoms with Crippen molar-refractivity contribution in [1.29, 1.82) is 0 Å². The number of hydrogen-bond donors (Lipinski definition) is 1. The van der Waals surface area contributed by atoms with E-state index in [-0.39, 0.29) is 10.8 Å². The maximum atomic E-state index is 12.7. The number of benzene rings is 1. The van der Waals surface area contributed by atoms with Crippen LogP contribution in [0.25, 0.3) is 11.6 Å². The average molecular weight is 391 g/mol. The molecule has 5 nitrogen and oxygen atoms in total. The summed E-state index contributed by atoms with van der Waals surface area (Å²) in [5.41, 5.74) is 1.97. The lowest BCUT2D eigenvalue weighted by atomic mass is 10.0. The van der Waals surface area contributed by atoms with Crippen LogP contribution in [0.1, 0.15) is 11.1 Å². The SMILES string of the molecule is CS(=O)(=O)c1ccc(C(=Cc2ccsc2)C(=O)Nc2nccs2)cc1. The van der Waals surface area contributed by atoms with Gasteiger partial charge in [0.25, 0.3) is 5.91 Å². The van der Waals surface area contributed by atoms with Crippen LogP contribution in [-0.2, 0) is 14.6 Å². The summed E-state index contributed by atoms with van der Waals surface area (Å²) in [5, 5.41) is 8.91. The molecule has 2 heterocycles. The molecule has 1 aromatic carbocycles. The molecule has 3 rings (SSSR count). The molecule has 0 atom stereocenters. The topological polar surface area (TPSA) is 76.1 Å². The molecule has 0 spiro atoms. The van der Waals surface area contributed by atoms with Crippen LogP contribution in [0.5, 0.6) is 0 Å². The Bertz CT molecular complexity index is 988. The molecule has 128 valence electrons. The minimum absolute atomic E-state index is 0.214. The predicted octanol–water partition coefficient (Wildman–Crippen LogP) is 3.79. The van der Waals surface area contributed by atoms with E-state index in [1.807, 2.05) is 16.8 Å². The molecule has 0 aliphatic heterocycles. The Morgan fingerprint density at radius 2 is 1.92 bits per heavy atom. The number of aromatic nitrogens is 1. The Labute approximate surface area is 153 Å². The molecular weight excluding hydrogens is 376 g/mol. The summed E-state index contributed by atoms with van der Waals surface area (Å²) in [6.45, 7) is 0. The molecule has 0 aliphatic rings. The molecule has 25 heavy (non-hydrogen) atoms. The second-order valence-corrected chi connectivity index (χ2v) is 8.89. The van der Waals surface area contributed by atoms with E-state index >= 15 is 0 Å². The zero-order valence-corrected chi connectivity index (χ0v) is 15.6. The van der Waals surface area contributed by atoms with Crippen molar-refractivity contribution in [3.8, 4) is 0 Å². The third-order valence-electron chi connectivity index (χ3n) is 3.35. The Morgan fingerprint density at radius 1 is 1.16 bits per heavy atom. The maximum Gasteiger partial charge on any atom is 0.258 e. The molecule has 0 aliphatic carbocycles. The number of sulfone groups is 1. The molecule has 0 bridgehead atoms. The van der Waals surface area contributed by atoms with Crippen LogP contribution in [0.4, 0.5) is 5.13 Å². The number of hydrogen-bond acceptors (Lipinski definition) is 6. The number of thiazole rings is 1. The van der Waals surface area contributed by atoms with Crippen LogP contribution in [0.15, 0.2) is 57.6 Å². The van der Waals surface area contributed by atoms with E-state index in [0.29, 0.717) is 16.3 Å². The summed E-state index contributed by atoms with van der Waals surface area (Å²) in [6, 6.07) is 8.18. The molecule has 0 saturated heterocycles. The molecule has 0 unspecified atom stereocenters. The van der Waals surface area contributed by atoms with Crippen molar-refractivity contribution in [2.24, 2.45) is 0 Å². The summed E-state index contributed by atoms with van der Waals surface area (Å²) in [7, 11) is -3.28. The zero-order chi connectivity index (χ0) is 17.9. The first kappa shape index (κ1) is 17.5. The van der Waals surface area contributed by atoms with Crippen LogP contribution >= 0.6 is 22.7 Å². The molecule has 1 N–H and O–H groups in total. The number of thiophene rings is 1. The van der Waals surface area contributed by atoms with Gasteiger partial charge in [0.2, 0.25) is 0 Å². The van der Waals surface area contributed by atoms with E-state index in [4.69, 9.17) is 0 Å². The normalized spacial score (nSPS) is 12.1. The lowest BCUT2D eigenvalue weighted by Gasteiger charge is -2.08. The summed E-state index contributed by atoms with van der Waals surface area (Å²) < 4.78 is 23.2. The van der Waals surface area contributed by atoms with Gasteiger partial charge in [-0.05, 0) is 46.2 Å². The van der Waals surface area contributed by atoms with Crippen LogP contribution in [0.2, 0.25) is 0 Å². The van der Waals surface area contributed by atoms with Gasteiger partial charge < -0.3 is 0 Å². The van der Waals surface area contributed by atoms with E-state index in [1.54, 1.807) is 29.8 Å². The van der Waals surface area contributed by atoms with E-state index in [9.17, 15) is 13.2 Å². The highest BCUT2D eigenvalue weighted by molar-refractivity contribution is 7.90. The van der Waals surface area contributed by atoms with Gasteiger partial charge in [-0.25, -0.2) is 13.4 Å². The third-order valence-corrected chi connectivity index (χ3v) is 5.86. The minimum atomic E-state index is -3.28. The van der Waals surface area contributed by atoms with Crippen LogP contribution in [0, 0.1) is 0 Å². The second kappa shape index (κ2) is 7.30. The van der Waals surface area contributed by atoms with E-state index in [0.717, 1.165) is 11.8 Å². The smallest absolute Gasteiger partial charge is 0.258 e. The Hall–Kier alpha value is -2.29. The minimum Gasteiger partial charge on any atom is -0.298 e. The lowest BCUT2D eigenvalue weighted by molar-refractivity contribution is -0.111. The fourth-order valence-electron chi connectivity index (χ4n) is 2.14. The second-order valence-electron chi connectivity index (χ2n) is 5.20. The molecular formula is C17H14N2O3S3. The van der Waals surface area contributed by atoms with Crippen molar-refractivity contribution in [3.63, 3.8) is 0 Å². The first-order valence-electron chi connectivity index (χ1n) is 7.19. The first-order valence-corrected chi connectivity index (χ1v) is 10.9. The number of carbonyl (C=O) groups excluding carboxylic acids is 1. The van der Waals surface area contributed by atoms with E-state index in [1.165, 1.54) is 34.8 Å². The molecule has 1 amide bonds. The number of amides is 1. The van der Waals surface area contributed by atoms with Crippen LogP contribution in [-0.4, -0.2) is 25.6 Å². The van der Waals surface area contributed by atoms with Gasteiger partial charge in [-0.3, -0.25) is 10.1 Å². The number of nitrogens with one attached hydrogen (secondary N) is 1. The third kappa shape index (κ3) is 4.41. The Balaban J connectivity index is 1.98. The van der Waals surface area contributed by atoms with Gasteiger partial charge in [-0.1, -0.05) is 12.1 Å². The lowest BCUT2D eigenvalue weighted by Crippen LogP contribution is -2.13. The molecule has 2 aromatic heterocycles. The van der Waals surface area contributed by atoms with Gasteiger partial charge in [0.15, 0.2) is 15.0 Å². The summed E-state index contributed by atoms with van der Waals surface area (Å²) in [6.07, 6.45) is 4.54. The number of rotatable bonds is 5. The average Bonchev–Trinajstić information content (AvgIpc) is 3.25. The van der Waals surface area contributed by atoms with Gasteiger partial charge in [-0.15, -0.1) is 11.3 Å². The molecule has 3 aromatic rings. The predicted molar refractivity (Wildman–Crippen MR) is 102 cm³/mol. The van der Waals surface area contributed by atoms with Crippen molar-refractivity contribution in [2.75, 3.05) is 11.6 Å². The fraction of sp³-hybridized carbons (Fsp3) is 0.0588. The summed E-state index contributed by atoms with van der Waals surface area (Å²) in [4.78, 5) is 17.0. The molecule has 0 radical (unpaired) electrons. The largest absolute Gasteiger partial charge is 0.298 e. The molecule has 0 saturated carbocycles. The highest BCUT2D eigenvalue weighted by Crippen LogP contribution is 2.24. The van der Waals surface area contributed by atoms with Gasteiger partial charge in [-0.2, -0.15) is 11.3 Å². The van der Waals surface area contributed by atoms with Crippen molar-refractivity contribution in [3.05, 3.63) is 63.8 Å².